The minimum absolute atomic E-state index is 0.0189. The van der Waals surface area contributed by atoms with E-state index >= 15 is 0 Å². The molecule has 0 aliphatic heterocycles. The van der Waals surface area contributed by atoms with E-state index in [9.17, 15) is 30.1 Å². The Labute approximate surface area is 198 Å². The van der Waals surface area contributed by atoms with Crippen LogP contribution >= 0.6 is 0 Å². The smallest absolute Gasteiger partial charge is 0.311 e. The van der Waals surface area contributed by atoms with E-state index in [4.69, 9.17) is 0 Å². The van der Waals surface area contributed by atoms with Crippen molar-refractivity contribution in [3.05, 3.63) is 110 Å². The van der Waals surface area contributed by atoms with Crippen molar-refractivity contribution >= 4 is 39.6 Å². The topological polar surface area (TPSA) is 164 Å². The number of aromatic nitrogens is 1. The maximum Gasteiger partial charge on any atom is 0.311 e. The molecule has 0 saturated carbocycles. The Morgan fingerprint density at radius 3 is 2.40 bits per heavy atom. The summed E-state index contributed by atoms with van der Waals surface area (Å²) in [6.45, 7) is 0. The third-order valence-electron chi connectivity index (χ3n) is 5.50. The molecule has 1 atom stereocenters. The van der Waals surface area contributed by atoms with Gasteiger partial charge < -0.3 is 10.1 Å². The molecule has 0 fully saturated rings. The summed E-state index contributed by atoms with van der Waals surface area (Å²) >= 11 is 0. The summed E-state index contributed by atoms with van der Waals surface area (Å²) < 4.78 is 0. The average molecular weight is 473 g/mol. The number of aliphatic carboxylic acids is 1. The molecule has 0 saturated heterocycles. The van der Waals surface area contributed by atoms with Crippen molar-refractivity contribution in [2.75, 3.05) is 5.43 Å². The van der Waals surface area contributed by atoms with Gasteiger partial charge in [-0.05, 0) is 23.3 Å². The molecule has 4 aromatic rings. The molecule has 11 heteroatoms. The number of benzene rings is 3. The second-order valence-corrected chi connectivity index (χ2v) is 7.64. The highest BCUT2D eigenvalue weighted by Gasteiger charge is 2.26. The lowest BCUT2D eigenvalue weighted by atomic mass is 9.91. The maximum atomic E-state index is 12.3. The molecule has 1 unspecified atom stereocenters. The number of para-hydroxylation sites is 1. The highest BCUT2D eigenvalue weighted by molar-refractivity contribution is 6.04. The lowest BCUT2D eigenvalue weighted by Gasteiger charge is -2.15. The van der Waals surface area contributed by atoms with E-state index in [0.29, 0.717) is 16.8 Å². The van der Waals surface area contributed by atoms with Crippen molar-refractivity contribution in [1.29, 1.82) is 0 Å². The minimum atomic E-state index is -1.06. The third-order valence-corrected chi connectivity index (χ3v) is 5.50. The summed E-state index contributed by atoms with van der Waals surface area (Å²) in [4.78, 5) is 36.4. The van der Waals surface area contributed by atoms with Crippen LogP contribution in [0.2, 0.25) is 0 Å². The molecule has 0 spiro atoms. The van der Waals surface area contributed by atoms with E-state index < -0.39 is 33.1 Å². The molecule has 3 N–H and O–H groups in total. The summed E-state index contributed by atoms with van der Waals surface area (Å²) in [6, 6.07) is 19.3. The number of rotatable bonds is 9. The van der Waals surface area contributed by atoms with Gasteiger partial charge in [0.05, 0.1) is 27.5 Å². The first-order chi connectivity index (χ1) is 16.8. The van der Waals surface area contributed by atoms with Gasteiger partial charge in [-0.1, -0.05) is 48.5 Å². The molecule has 0 amide bonds. The van der Waals surface area contributed by atoms with Crippen LogP contribution in [0, 0.1) is 20.2 Å². The van der Waals surface area contributed by atoms with Crippen LogP contribution in [0.5, 0.6) is 0 Å². The Balaban J connectivity index is 1.74. The first-order valence-electron chi connectivity index (χ1n) is 10.4. The van der Waals surface area contributed by atoms with Crippen LogP contribution < -0.4 is 5.43 Å². The molecule has 3 aromatic carbocycles. The van der Waals surface area contributed by atoms with Crippen LogP contribution in [0.15, 0.2) is 84.1 Å². The first-order valence-corrected chi connectivity index (χ1v) is 10.4. The Hall–Kier alpha value is -5.06. The third kappa shape index (κ3) is 4.98. The van der Waals surface area contributed by atoms with Crippen LogP contribution in [0.4, 0.5) is 17.1 Å². The monoisotopic (exact) mass is 473 g/mol. The van der Waals surface area contributed by atoms with Gasteiger partial charge in [-0.15, -0.1) is 0 Å². The maximum absolute atomic E-state index is 12.3. The molecule has 4 rings (SSSR count). The number of hydrazone groups is 1. The predicted octanol–water partition coefficient (Wildman–Crippen LogP) is 5.06. The number of hydrogen-bond acceptors (Lipinski definition) is 7. The number of non-ortho nitro benzene ring substituents is 1. The van der Waals surface area contributed by atoms with Gasteiger partial charge in [0.15, 0.2) is 0 Å². The first kappa shape index (κ1) is 23.1. The lowest BCUT2D eigenvalue weighted by molar-refractivity contribution is -0.393. The van der Waals surface area contributed by atoms with Gasteiger partial charge in [0.2, 0.25) is 0 Å². The van der Waals surface area contributed by atoms with Crippen molar-refractivity contribution in [3.8, 4) is 0 Å². The molecule has 11 nitrogen and oxygen atoms in total. The number of anilines is 1. The average Bonchev–Trinajstić information content (AvgIpc) is 3.28. The number of carboxylic acids is 1. The number of nitro benzene ring substituents is 2. The molecular weight excluding hydrogens is 454 g/mol. The lowest BCUT2D eigenvalue weighted by Crippen LogP contribution is -2.18. The highest BCUT2D eigenvalue weighted by Crippen LogP contribution is 2.31. The second-order valence-electron chi connectivity index (χ2n) is 7.64. The van der Waals surface area contributed by atoms with Gasteiger partial charge in [0, 0.05) is 29.6 Å². The zero-order valence-electron chi connectivity index (χ0n) is 18.1. The number of fused-ring (bicyclic) bond motifs is 1. The molecule has 35 heavy (non-hydrogen) atoms. The molecule has 1 aromatic heterocycles. The summed E-state index contributed by atoms with van der Waals surface area (Å²) in [5, 5.41) is 37.6. The molecular formula is C24H19N5O6. The van der Waals surface area contributed by atoms with E-state index in [2.05, 4.69) is 15.5 Å². The zero-order chi connectivity index (χ0) is 24.9. The number of carboxylic acid groups (broad SMARTS) is 1. The Morgan fingerprint density at radius 1 is 1.00 bits per heavy atom. The Kier molecular flexibility index (Phi) is 6.49. The van der Waals surface area contributed by atoms with E-state index in [0.717, 1.165) is 23.0 Å². The van der Waals surface area contributed by atoms with Crippen molar-refractivity contribution in [1.82, 2.24) is 4.98 Å². The minimum Gasteiger partial charge on any atom is -0.481 e. The van der Waals surface area contributed by atoms with Crippen molar-refractivity contribution in [2.45, 2.75) is 12.3 Å². The fourth-order valence-electron chi connectivity index (χ4n) is 3.77. The highest BCUT2D eigenvalue weighted by atomic mass is 16.6. The summed E-state index contributed by atoms with van der Waals surface area (Å²) in [7, 11) is 0. The quantitative estimate of drug-likeness (QED) is 0.174. The molecule has 0 aliphatic rings. The SMILES string of the molecule is O=C(O)C(CC(=NNc1ccc([N+](=O)[O-])cc1[N+](=O)[O-])c1ccccc1)c1c[nH]c2ccccc12. The van der Waals surface area contributed by atoms with Gasteiger partial charge in [-0.3, -0.25) is 30.4 Å². The number of nitrogens with zero attached hydrogens (tertiary/aromatic N) is 3. The van der Waals surface area contributed by atoms with Crippen molar-refractivity contribution in [2.24, 2.45) is 5.10 Å². The predicted molar refractivity (Wildman–Crippen MR) is 130 cm³/mol. The van der Waals surface area contributed by atoms with Crippen molar-refractivity contribution in [3.63, 3.8) is 0 Å². The van der Waals surface area contributed by atoms with Gasteiger partial charge >= 0.3 is 11.7 Å². The second kappa shape index (κ2) is 9.83. The fraction of sp³-hybridized carbons (Fsp3) is 0.0833. The molecule has 0 radical (unpaired) electrons. The number of aromatic amines is 1. The Bertz CT molecular complexity index is 1450. The number of nitro groups is 2. The molecule has 176 valence electrons. The van der Waals surface area contributed by atoms with Crippen molar-refractivity contribution < 1.29 is 19.7 Å². The van der Waals surface area contributed by atoms with E-state index in [1.807, 2.05) is 24.3 Å². The number of hydrogen-bond donors (Lipinski definition) is 3. The number of H-pyrrole nitrogens is 1. The van der Waals surface area contributed by atoms with Crippen LogP contribution in [-0.4, -0.2) is 31.6 Å². The van der Waals surface area contributed by atoms with Crippen LogP contribution in [0.3, 0.4) is 0 Å². The zero-order valence-corrected chi connectivity index (χ0v) is 18.1. The molecule has 0 bridgehead atoms. The van der Waals surface area contributed by atoms with E-state index in [1.165, 1.54) is 6.07 Å². The molecule has 0 aliphatic carbocycles. The van der Waals surface area contributed by atoms with Gasteiger partial charge in [0.25, 0.3) is 5.69 Å². The summed E-state index contributed by atoms with van der Waals surface area (Å²) in [5.74, 6) is -2.02. The molecule has 1 heterocycles. The van der Waals surface area contributed by atoms with E-state index in [1.54, 1.807) is 36.5 Å². The normalized spacial score (nSPS) is 12.3. The number of carbonyl (C=O) groups is 1. The fourth-order valence-corrected chi connectivity index (χ4v) is 3.77. The van der Waals surface area contributed by atoms with Gasteiger partial charge in [0.1, 0.15) is 5.69 Å². The standard InChI is InChI=1S/C24H19N5O6/c30-24(31)18(19-14-25-20-9-5-4-8-17(19)20)13-22(15-6-2-1-3-7-15)27-26-21-11-10-16(28(32)33)12-23(21)29(34)35/h1-12,14,18,25-26H,13H2,(H,30,31). The summed E-state index contributed by atoms with van der Waals surface area (Å²) in [5.41, 5.74) is 3.93. The van der Waals surface area contributed by atoms with Crippen LogP contribution in [-0.2, 0) is 4.79 Å². The summed E-state index contributed by atoms with van der Waals surface area (Å²) in [6.07, 6.45) is 1.63. The van der Waals surface area contributed by atoms with E-state index in [-0.39, 0.29) is 12.1 Å². The van der Waals surface area contributed by atoms with Gasteiger partial charge in [-0.2, -0.15) is 5.10 Å². The van der Waals surface area contributed by atoms with Crippen LogP contribution in [0.1, 0.15) is 23.5 Å². The van der Waals surface area contributed by atoms with Crippen LogP contribution in [0.25, 0.3) is 10.9 Å². The Morgan fingerprint density at radius 2 is 1.71 bits per heavy atom. The largest absolute Gasteiger partial charge is 0.481 e. The van der Waals surface area contributed by atoms with Gasteiger partial charge in [-0.25, -0.2) is 0 Å². The number of nitrogens with one attached hydrogen (secondary N) is 2.